The van der Waals surface area contributed by atoms with E-state index in [2.05, 4.69) is 26.1 Å². The normalized spacial score (nSPS) is 10.7. The second kappa shape index (κ2) is 6.09. The number of nitrogens with zero attached hydrogens (tertiary/aromatic N) is 1. The summed E-state index contributed by atoms with van der Waals surface area (Å²) in [7, 11) is 0. The monoisotopic (exact) mass is 128 g/mol. The Morgan fingerprint density at radius 2 is 1.67 bits per heavy atom. The molecule has 0 saturated carbocycles. The van der Waals surface area contributed by atoms with Gasteiger partial charge in [-0.1, -0.05) is 33.6 Å². The van der Waals surface area contributed by atoms with Gasteiger partial charge in [0.1, 0.15) is 0 Å². The van der Waals surface area contributed by atoms with Gasteiger partial charge in [-0.25, -0.2) is 5.32 Å². The van der Waals surface area contributed by atoms with E-state index < -0.39 is 0 Å². The van der Waals surface area contributed by atoms with Crippen molar-refractivity contribution in [3.05, 3.63) is 0 Å². The third-order valence-corrected chi connectivity index (χ3v) is 1.77. The minimum absolute atomic E-state index is 0.838. The Morgan fingerprint density at radius 1 is 1.11 bits per heavy atom. The molecule has 0 N–H and O–H groups in total. The summed E-state index contributed by atoms with van der Waals surface area (Å²) < 4.78 is 0. The molecular formula is C8H18N. The van der Waals surface area contributed by atoms with E-state index in [1.165, 1.54) is 12.8 Å². The van der Waals surface area contributed by atoms with Crippen LogP contribution in [0, 0.1) is 5.92 Å². The molecule has 1 radical (unpaired) electrons. The van der Waals surface area contributed by atoms with Crippen LogP contribution in [0.15, 0.2) is 0 Å². The van der Waals surface area contributed by atoms with E-state index in [1.54, 1.807) is 0 Å². The maximum Gasteiger partial charge on any atom is 0.0161 e. The van der Waals surface area contributed by atoms with E-state index in [1.807, 2.05) is 0 Å². The predicted molar refractivity (Wildman–Crippen MR) is 41.6 cm³/mol. The third-order valence-electron chi connectivity index (χ3n) is 1.77. The Hall–Kier alpha value is -0.0400. The maximum absolute atomic E-state index is 4.31. The van der Waals surface area contributed by atoms with E-state index in [4.69, 9.17) is 0 Å². The summed E-state index contributed by atoms with van der Waals surface area (Å²) in [6.07, 6.45) is 2.56. The van der Waals surface area contributed by atoms with Crippen LogP contribution in [-0.2, 0) is 0 Å². The SMILES string of the molecule is CC[N]CC(CC)CC. The third kappa shape index (κ3) is 4.46. The van der Waals surface area contributed by atoms with Crippen molar-refractivity contribution in [3.8, 4) is 0 Å². The van der Waals surface area contributed by atoms with Crippen molar-refractivity contribution in [2.75, 3.05) is 13.1 Å². The average Bonchev–Trinajstić information content (AvgIpc) is 1.91. The molecule has 0 saturated heterocycles. The summed E-state index contributed by atoms with van der Waals surface area (Å²) in [4.78, 5) is 0. The predicted octanol–water partition coefficient (Wildman–Crippen LogP) is 2.05. The first kappa shape index (κ1) is 8.96. The molecule has 0 aliphatic carbocycles. The van der Waals surface area contributed by atoms with E-state index in [0.29, 0.717) is 0 Å². The molecule has 0 bridgehead atoms. The molecule has 0 aromatic rings. The van der Waals surface area contributed by atoms with Crippen molar-refractivity contribution in [1.82, 2.24) is 5.32 Å². The van der Waals surface area contributed by atoms with Gasteiger partial charge in [-0.05, 0) is 5.92 Å². The molecule has 0 heterocycles. The highest BCUT2D eigenvalue weighted by atomic mass is 14.8. The Kier molecular flexibility index (Phi) is 6.06. The molecule has 0 unspecified atom stereocenters. The lowest BCUT2D eigenvalue weighted by Crippen LogP contribution is -2.14. The summed E-state index contributed by atoms with van der Waals surface area (Å²) >= 11 is 0. The van der Waals surface area contributed by atoms with Gasteiger partial charge in [-0.15, -0.1) is 0 Å². The Bertz CT molecular complexity index is 48.5. The minimum atomic E-state index is 0.838. The van der Waals surface area contributed by atoms with Crippen molar-refractivity contribution >= 4 is 0 Å². The summed E-state index contributed by atoms with van der Waals surface area (Å²) in [5.41, 5.74) is 0. The van der Waals surface area contributed by atoms with Gasteiger partial charge < -0.3 is 0 Å². The van der Waals surface area contributed by atoms with Crippen molar-refractivity contribution in [2.24, 2.45) is 5.92 Å². The molecule has 0 fully saturated rings. The Balaban J connectivity index is 3.09. The average molecular weight is 128 g/mol. The highest BCUT2D eigenvalue weighted by molar-refractivity contribution is 4.56. The van der Waals surface area contributed by atoms with Crippen LogP contribution in [0.2, 0.25) is 0 Å². The van der Waals surface area contributed by atoms with E-state index in [-0.39, 0.29) is 0 Å². The second-order valence-corrected chi connectivity index (χ2v) is 2.40. The zero-order valence-electron chi connectivity index (χ0n) is 6.85. The minimum Gasteiger partial charge on any atom is -0.242 e. The number of hydrogen-bond acceptors (Lipinski definition) is 0. The van der Waals surface area contributed by atoms with Gasteiger partial charge in [0.2, 0.25) is 0 Å². The molecule has 55 valence electrons. The summed E-state index contributed by atoms with van der Waals surface area (Å²) in [6.45, 7) is 8.63. The van der Waals surface area contributed by atoms with Gasteiger partial charge in [0.25, 0.3) is 0 Å². The maximum atomic E-state index is 4.31. The highest BCUT2D eigenvalue weighted by Crippen LogP contribution is 2.04. The van der Waals surface area contributed by atoms with Crippen LogP contribution in [-0.4, -0.2) is 13.1 Å². The zero-order valence-corrected chi connectivity index (χ0v) is 6.85. The molecule has 0 rings (SSSR count). The van der Waals surface area contributed by atoms with Gasteiger partial charge >= 0.3 is 0 Å². The molecule has 0 spiro atoms. The zero-order chi connectivity index (χ0) is 7.11. The molecule has 0 amide bonds. The van der Waals surface area contributed by atoms with Gasteiger partial charge in [0, 0.05) is 13.1 Å². The fourth-order valence-corrected chi connectivity index (χ4v) is 0.859. The fraction of sp³-hybridized carbons (Fsp3) is 1.00. The van der Waals surface area contributed by atoms with Gasteiger partial charge in [0.15, 0.2) is 0 Å². The molecule has 0 aliphatic rings. The molecule has 0 aliphatic heterocycles. The summed E-state index contributed by atoms with van der Waals surface area (Å²) in [5, 5.41) is 4.31. The van der Waals surface area contributed by atoms with Crippen LogP contribution >= 0.6 is 0 Å². The van der Waals surface area contributed by atoms with Crippen molar-refractivity contribution in [1.29, 1.82) is 0 Å². The van der Waals surface area contributed by atoms with Crippen LogP contribution in [0.25, 0.3) is 0 Å². The fourth-order valence-electron chi connectivity index (χ4n) is 0.859. The standard InChI is InChI=1S/C8H18N/c1-4-8(5-2)7-9-6-3/h8H,4-7H2,1-3H3. The lowest BCUT2D eigenvalue weighted by atomic mass is 10.0. The van der Waals surface area contributed by atoms with Gasteiger partial charge in [0.05, 0.1) is 0 Å². The highest BCUT2D eigenvalue weighted by Gasteiger charge is 2.00. The first-order valence-electron chi connectivity index (χ1n) is 3.98. The van der Waals surface area contributed by atoms with Crippen LogP contribution in [0.5, 0.6) is 0 Å². The molecule has 0 aromatic carbocycles. The second-order valence-electron chi connectivity index (χ2n) is 2.40. The quantitative estimate of drug-likeness (QED) is 0.538. The number of hydrogen-bond donors (Lipinski definition) is 0. The first-order chi connectivity index (χ1) is 4.35. The van der Waals surface area contributed by atoms with Crippen molar-refractivity contribution < 1.29 is 0 Å². The Morgan fingerprint density at radius 3 is 2.00 bits per heavy atom. The van der Waals surface area contributed by atoms with E-state index in [0.717, 1.165) is 19.0 Å². The molecule has 9 heavy (non-hydrogen) atoms. The topological polar surface area (TPSA) is 14.1 Å². The summed E-state index contributed by atoms with van der Waals surface area (Å²) in [6, 6.07) is 0. The smallest absolute Gasteiger partial charge is 0.0161 e. The molecule has 1 nitrogen and oxygen atoms in total. The molecule has 0 aromatic heterocycles. The van der Waals surface area contributed by atoms with Crippen molar-refractivity contribution in [2.45, 2.75) is 33.6 Å². The van der Waals surface area contributed by atoms with E-state index >= 15 is 0 Å². The molecular weight excluding hydrogens is 110 g/mol. The van der Waals surface area contributed by atoms with Crippen LogP contribution in [0.1, 0.15) is 33.6 Å². The Labute approximate surface area is 58.8 Å². The lowest BCUT2D eigenvalue weighted by Gasteiger charge is -2.09. The number of rotatable bonds is 5. The van der Waals surface area contributed by atoms with Crippen LogP contribution < -0.4 is 5.32 Å². The largest absolute Gasteiger partial charge is 0.242 e. The van der Waals surface area contributed by atoms with E-state index in [9.17, 15) is 0 Å². The van der Waals surface area contributed by atoms with Crippen LogP contribution in [0.4, 0.5) is 0 Å². The first-order valence-corrected chi connectivity index (χ1v) is 3.98. The molecule has 1 heteroatoms. The summed E-state index contributed by atoms with van der Waals surface area (Å²) in [5.74, 6) is 0.838. The molecule has 0 atom stereocenters. The van der Waals surface area contributed by atoms with Gasteiger partial charge in [-0.3, -0.25) is 0 Å². The van der Waals surface area contributed by atoms with Gasteiger partial charge in [-0.2, -0.15) is 0 Å². The lowest BCUT2D eigenvalue weighted by molar-refractivity contribution is 0.452. The van der Waals surface area contributed by atoms with Crippen LogP contribution in [0.3, 0.4) is 0 Å². The van der Waals surface area contributed by atoms with Crippen molar-refractivity contribution in [3.63, 3.8) is 0 Å².